The average Bonchev–Trinajstić information content (AvgIpc) is 2.75. The monoisotopic (exact) mass is 223 g/mol. The molecule has 0 amide bonds. The van der Waals surface area contributed by atoms with Gasteiger partial charge in [0.2, 0.25) is 0 Å². The highest BCUT2D eigenvalue weighted by molar-refractivity contribution is 5.78. The zero-order chi connectivity index (χ0) is 11.7. The van der Waals surface area contributed by atoms with Crippen molar-refractivity contribution in [1.29, 1.82) is 0 Å². The predicted octanol–water partition coefficient (Wildman–Crippen LogP) is 2.86. The van der Waals surface area contributed by atoms with Gasteiger partial charge in [0.15, 0.2) is 0 Å². The molecule has 0 aliphatic carbocycles. The number of benzene rings is 1. The first-order chi connectivity index (χ1) is 8.33. The van der Waals surface area contributed by atoms with Gasteiger partial charge in [0, 0.05) is 23.7 Å². The number of H-pyrrole nitrogens is 1. The van der Waals surface area contributed by atoms with Crippen LogP contribution in [0.25, 0.3) is 10.9 Å². The number of pyridine rings is 1. The van der Waals surface area contributed by atoms with Crippen molar-refractivity contribution >= 4 is 10.9 Å². The molecule has 3 rings (SSSR count). The summed E-state index contributed by atoms with van der Waals surface area (Å²) < 4.78 is 0. The summed E-state index contributed by atoms with van der Waals surface area (Å²) in [6.07, 6.45) is 4.41. The van der Waals surface area contributed by atoms with E-state index >= 15 is 0 Å². The molecule has 2 heterocycles. The molecule has 0 bridgehead atoms. The number of rotatable bonds is 2. The molecule has 3 nitrogen and oxygen atoms in total. The maximum Gasteiger partial charge on any atom is 0.0925 e. The van der Waals surface area contributed by atoms with Gasteiger partial charge in [-0.25, -0.2) is 4.98 Å². The molecule has 1 N–H and O–H groups in total. The van der Waals surface area contributed by atoms with Crippen LogP contribution in [0.1, 0.15) is 17.0 Å². The summed E-state index contributed by atoms with van der Waals surface area (Å²) in [6.45, 7) is 2.04. The van der Waals surface area contributed by atoms with Crippen LogP contribution in [0.2, 0.25) is 0 Å². The Morgan fingerprint density at radius 2 is 2.12 bits per heavy atom. The SMILES string of the molecule is Cc1[nH]cnc1Cc1ccc2cccnc2c1. The summed E-state index contributed by atoms with van der Waals surface area (Å²) in [6, 6.07) is 10.4. The highest BCUT2D eigenvalue weighted by Gasteiger charge is 2.03. The van der Waals surface area contributed by atoms with Gasteiger partial charge >= 0.3 is 0 Å². The first kappa shape index (κ1) is 10.0. The first-order valence-electron chi connectivity index (χ1n) is 5.65. The van der Waals surface area contributed by atoms with E-state index in [0.717, 1.165) is 23.3 Å². The topological polar surface area (TPSA) is 41.6 Å². The fourth-order valence-corrected chi connectivity index (χ4v) is 1.98. The zero-order valence-corrected chi connectivity index (χ0v) is 9.64. The molecule has 1 aromatic carbocycles. The molecule has 0 aliphatic heterocycles. The van der Waals surface area contributed by atoms with Gasteiger partial charge in [-0.3, -0.25) is 4.98 Å². The fraction of sp³-hybridized carbons (Fsp3) is 0.143. The van der Waals surface area contributed by atoms with Crippen LogP contribution in [0.15, 0.2) is 42.9 Å². The molecule has 3 aromatic rings. The number of nitrogens with zero attached hydrogens (tertiary/aromatic N) is 2. The van der Waals surface area contributed by atoms with Crippen LogP contribution in [-0.2, 0) is 6.42 Å². The number of aryl methyl sites for hydroxylation is 1. The molecule has 0 fully saturated rings. The number of imidazole rings is 1. The number of aromatic amines is 1. The molecule has 0 spiro atoms. The maximum atomic E-state index is 4.37. The Hall–Kier alpha value is -2.16. The van der Waals surface area contributed by atoms with Crippen molar-refractivity contribution in [2.45, 2.75) is 13.3 Å². The van der Waals surface area contributed by atoms with Crippen LogP contribution in [0.4, 0.5) is 0 Å². The third-order valence-corrected chi connectivity index (χ3v) is 2.98. The molecule has 3 heteroatoms. The van der Waals surface area contributed by atoms with E-state index in [1.165, 1.54) is 10.9 Å². The van der Waals surface area contributed by atoms with Crippen molar-refractivity contribution in [3.05, 3.63) is 59.8 Å². The Kier molecular flexibility index (Phi) is 2.37. The highest BCUT2D eigenvalue weighted by atomic mass is 14.9. The molecular weight excluding hydrogens is 210 g/mol. The lowest BCUT2D eigenvalue weighted by Gasteiger charge is -2.02. The van der Waals surface area contributed by atoms with Crippen LogP contribution in [0.5, 0.6) is 0 Å². The third kappa shape index (κ3) is 1.91. The van der Waals surface area contributed by atoms with E-state index < -0.39 is 0 Å². The zero-order valence-electron chi connectivity index (χ0n) is 9.64. The van der Waals surface area contributed by atoms with E-state index in [0.29, 0.717) is 0 Å². The van der Waals surface area contributed by atoms with Gasteiger partial charge in [-0.2, -0.15) is 0 Å². The van der Waals surface area contributed by atoms with Crippen molar-refractivity contribution in [1.82, 2.24) is 15.0 Å². The molecule has 0 radical (unpaired) electrons. The molecule has 0 unspecified atom stereocenters. The molecule has 0 saturated carbocycles. The molecule has 17 heavy (non-hydrogen) atoms. The summed E-state index contributed by atoms with van der Waals surface area (Å²) in [5.74, 6) is 0. The summed E-state index contributed by atoms with van der Waals surface area (Å²) in [5.41, 5.74) is 4.51. The van der Waals surface area contributed by atoms with Crippen LogP contribution in [0, 0.1) is 6.92 Å². The Bertz CT molecular complexity index is 655. The molecule has 0 atom stereocenters. The van der Waals surface area contributed by atoms with Crippen molar-refractivity contribution in [3.8, 4) is 0 Å². The molecule has 2 aromatic heterocycles. The molecule has 0 aliphatic rings. The predicted molar refractivity (Wildman–Crippen MR) is 67.9 cm³/mol. The van der Waals surface area contributed by atoms with Crippen LogP contribution >= 0.6 is 0 Å². The minimum atomic E-state index is 0.849. The summed E-state index contributed by atoms with van der Waals surface area (Å²) in [5, 5.41) is 1.18. The van der Waals surface area contributed by atoms with Gasteiger partial charge < -0.3 is 4.98 Å². The van der Waals surface area contributed by atoms with Gasteiger partial charge in [0.1, 0.15) is 0 Å². The lowest BCUT2D eigenvalue weighted by molar-refractivity contribution is 1.08. The van der Waals surface area contributed by atoms with Gasteiger partial charge in [-0.05, 0) is 24.6 Å². The lowest BCUT2D eigenvalue weighted by Crippen LogP contribution is -1.91. The van der Waals surface area contributed by atoms with Crippen molar-refractivity contribution in [3.63, 3.8) is 0 Å². The maximum absolute atomic E-state index is 4.37. The minimum Gasteiger partial charge on any atom is -0.348 e. The standard InChI is InChI=1S/C14H13N3/c1-10-13(17-9-16-10)7-11-4-5-12-3-2-6-15-14(12)8-11/h2-6,8-9H,7H2,1H3,(H,16,17). The summed E-state index contributed by atoms with van der Waals surface area (Å²) in [7, 11) is 0. The second kappa shape index (κ2) is 4.01. The first-order valence-corrected chi connectivity index (χ1v) is 5.65. The molecule has 0 saturated heterocycles. The fourth-order valence-electron chi connectivity index (χ4n) is 1.98. The van der Waals surface area contributed by atoms with E-state index in [2.05, 4.69) is 39.2 Å². The van der Waals surface area contributed by atoms with E-state index in [1.807, 2.05) is 19.2 Å². The van der Waals surface area contributed by atoms with Crippen LogP contribution in [0.3, 0.4) is 0 Å². The van der Waals surface area contributed by atoms with Gasteiger partial charge in [-0.1, -0.05) is 18.2 Å². The third-order valence-electron chi connectivity index (χ3n) is 2.98. The van der Waals surface area contributed by atoms with Gasteiger partial charge in [0.05, 0.1) is 17.5 Å². The lowest BCUT2D eigenvalue weighted by atomic mass is 10.1. The van der Waals surface area contributed by atoms with Crippen LogP contribution in [-0.4, -0.2) is 15.0 Å². The van der Waals surface area contributed by atoms with Gasteiger partial charge in [-0.15, -0.1) is 0 Å². The van der Waals surface area contributed by atoms with E-state index in [-0.39, 0.29) is 0 Å². The Morgan fingerprint density at radius 1 is 1.18 bits per heavy atom. The summed E-state index contributed by atoms with van der Waals surface area (Å²) >= 11 is 0. The van der Waals surface area contributed by atoms with Crippen molar-refractivity contribution in [2.24, 2.45) is 0 Å². The Morgan fingerprint density at radius 3 is 2.94 bits per heavy atom. The smallest absolute Gasteiger partial charge is 0.0925 e. The highest BCUT2D eigenvalue weighted by Crippen LogP contribution is 2.16. The number of hydrogen-bond donors (Lipinski definition) is 1. The van der Waals surface area contributed by atoms with E-state index in [1.54, 1.807) is 6.33 Å². The second-order valence-electron chi connectivity index (χ2n) is 4.18. The van der Waals surface area contributed by atoms with Gasteiger partial charge in [0.25, 0.3) is 0 Å². The Balaban J connectivity index is 1.99. The summed E-state index contributed by atoms with van der Waals surface area (Å²) in [4.78, 5) is 11.8. The number of nitrogens with one attached hydrogen (secondary N) is 1. The minimum absolute atomic E-state index is 0.849. The number of hydrogen-bond acceptors (Lipinski definition) is 2. The average molecular weight is 223 g/mol. The van der Waals surface area contributed by atoms with Crippen LogP contribution < -0.4 is 0 Å². The largest absolute Gasteiger partial charge is 0.348 e. The van der Waals surface area contributed by atoms with Crippen molar-refractivity contribution < 1.29 is 0 Å². The van der Waals surface area contributed by atoms with Crippen molar-refractivity contribution in [2.75, 3.05) is 0 Å². The quantitative estimate of drug-likeness (QED) is 0.725. The van der Waals surface area contributed by atoms with E-state index in [4.69, 9.17) is 0 Å². The number of fused-ring (bicyclic) bond motifs is 1. The number of aromatic nitrogens is 3. The molecular formula is C14H13N3. The normalized spacial score (nSPS) is 10.9. The van der Waals surface area contributed by atoms with E-state index in [9.17, 15) is 0 Å². The second-order valence-corrected chi connectivity index (χ2v) is 4.18. The Labute approximate surface area is 99.5 Å². The molecule has 84 valence electrons.